The van der Waals surface area contributed by atoms with Crippen LogP contribution in [0.1, 0.15) is 96.5 Å². The summed E-state index contributed by atoms with van der Waals surface area (Å²) in [5.41, 5.74) is -0.159. The molecule has 0 bridgehead atoms. The second-order valence-electron chi connectivity index (χ2n) is 15.1. The summed E-state index contributed by atoms with van der Waals surface area (Å²) in [6, 6.07) is 3.26. The van der Waals surface area contributed by atoms with Crippen molar-refractivity contribution in [2.24, 2.45) is 28.6 Å². The summed E-state index contributed by atoms with van der Waals surface area (Å²) in [7, 11) is 0. The minimum absolute atomic E-state index is 0.0950. The average Bonchev–Trinajstić information content (AvgIpc) is 3.32. The molecule has 0 aromatic carbocycles. The van der Waals surface area contributed by atoms with Crippen molar-refractivity contribution in [3.63, 3.8) is 0 Å². The van der Waals surface area contributed by atoms with Gasteiger partial charge in [0.2, 0.25) is 0 Å². The molecule has 0 unspecified atom stereocenters. The van der Waals surface area contributed by atoms with Crippen LogP contribution in [0.15, 0.2) is 39.9 Å². The van der Waals surface area contributed by atoms with E-state index in [2.05, 4.69) is 25.7 Å². The number of nitrogens with zero attached hydrogens (tertiary/aromatic N) is 2. The van der Waals surface area contributed by atoms with Gasteiger partial charge in [-0.3, -0.25) is 0 Å². The molecule has 4 aliphatic carbocycles. The smallest absolute Gasteiger partial charge is 0.410 e. The van der Waals surface area contributed by atoms with Crippen LogP contribution in [0.2, 0.25) is 0 Å². The van der Waals surface area contributed by atoms with Crippen LogP contribution in [-0.2, 0) is 9.47 Å². The van der Waals surface area contributed by atoms with Crippen molar-refractivity contribution in [1.29, 1.82) is 0 Å². The molecule has 1 aromatic rings. The van der Waals surface area contributed by atoms with E-state index in [4.69, 9.17) is 13.9 Å². The van der Waals surface area contributed by atoms with Crippen LogP contribution in [0.3, 0.4) is 0 Å². The van der Waals surface area contributed by atoms with Gasteiger partial charge in [-0.25, -0.2) is 14.4 Å². The first kappa shape index (κ1) is 32.9. The van der Waals surface area contributed by atoms with Gasteiger partial charge in [0.15, 0.2) is 0 Å². The highest BCUT2D eigenvalue weighted by Crippen LogP contribution is 2.70. The van der Waals surface area contributed by atoms with Crippen molar-refractivity contribution in [3.05, 3.63) is 46.7 Å². The van der Waals surface area contributed by atoms with Crippen LogP contribution in [0, 0.1) is 28.6 Å². The highest BCUT2D eigenvalue weighted by molar-refractivity contribution is 5.75. The normalized spacial score (nSPS) is 37.0. The van der Waals surface area contributed by atoms with Gasteiger partial charge in [-0.2, -0.15) is 0 Å². The van der Waals surface area contributed by atoms with E-state index in [1.54, 1.807) is 16.1 Å². The molecule has 5 aliphatic rings. The molecule has 1 saturated heterocycles. The molecule has 254 valence electrons. The molecule has 46 heavy (non-hydrogen) atoms. The van der Waals surface area contributed by atoms with Crippen LogP contribution < -0.4 is 10.9 Å². The van der Waals surface area contributed by atoms with E-state index >= 15 is 0 Å². The van der Waals surface area contributed by atoms with Gasteiger partial charge in [-0.1, -0.05) is 20.4 Å². The fourth-order valence-electron chi connectivity index (χ4n) is 10.4. The molecule has 0 radical (unpaired) electrons. The molecule has 4 saturated carbocycles. The Morgan fingerprint density at radius 2 is 1.78 bits per heavy atom. The minimum atomic E-state index is -0.731. The van der Waals surface area contributed by atoms with E-state index < -0.39 is 5.60 Å². The highest BCUT2D eigenvalue weighted by Gasteiger charge is 2.67. The van der Waals surface area contributed by atoms with Crippen molar-refractivity contribution < 1.29 is 28.6 Å². The molecule has 3 amide bonds. The van der Waals surface area contributed by atoms with E-state index in [1.807, 2.05) is 13.0 Å². The number of rotatable bonds is 7. The molecule has 2 N–H and O–H groups in total. The molecule has 10 nitrogen and oxygen atoms in total. The number of amides is 3. The maximum atomic E-state index is 13.2. The van der Waals surface area contributed by atoms with Gasteiger partial charge < -0.3 is 34.1 Å². The Hall–Kier alpha value is -3.01. The quantitative estimate of drug-likeness (QED) is 0.370. The second-order valence-corrected chi connectivity index (χ2v) is 15.1. The second kappa shape index (κ2) is 12.9. The van der Waals surface area contributed by atoms with Crippen molar-refractivity contribution in [1.82, 2.24) is 15.1 Å². The third-order valence-electron chi connectivity index (χ3n) is 13.1. The summed E-state index contributed by atoms with van der Waals surface area (Å²) in [5, 5.41) is 15.4. The van der Waals surface area contributed by atoms with Gasteiger partial charge in [-0.15, -0.1) is 0 Å². The lowest BCUT2D eigenvalue weighted by atomic mass is 9.43. The lowest BCUT2D eigenvalue weighted by molar-refractivity contribution is -0.205. The van der Waals surface area contributed by atoms with E-state index in [0.717, 1.165) is 63.4 Å². The van der Waals surface area contributed by atoms with Crippen LogP contribution >= 0.6 is 0 Å². The molecular formula is C36H53N3O7. The molecule has 1 aliphatic heterocycles. The van der Waals surface area contributed by atoms with Crippen LogP contribution in [0.4, 0.5) is 9.59 Å². The number of hydrogen-bond acceptors (Lipinski definition) is 7. The first-order valence-corrected chi connectivity index (χ1v) is 17.6. The van der Waals surface area contributed by atoms with E-state index in [-0.39, 0.29) is 46.5 Å². The van der Waals surface area contributed by atoms with Crippen molar-refractivity contribution in [2.75, 3.05) is 39.3 Å². The Morgan fingerprint density at radius 1 is 1.02 bits per heavy atom. The molecule has 8 atom stereocenters. The maximum absolute atomic E-state index is 13.2. The molecule has 2 heterocycles. The summed E-state index contributed by atoms with van der Waals surface area (Å²) in [4.78, 5) is 40.8. The number of aliphatic hydroxyl groups is 1. The molecule has 0 spiro atoms. The predicted molar refractivity (Wildman–Crippen MR) is 173 cm³/mol. The lowest BCUT2D eigenvalue weighted by Crippen LogP contribution is -2.62. The zero-order chi connectivity index (χ0) is 32.7. The number of fused-ring (bicyclic) bond motifs is 5. The Bertz CT molecular complexity index is 1340. The lowest BCUT2D eigenvalue weighted by Gasteiger charge is -2.63. The molecule has 5 fully saturated rings. The number of nitrogens with one attached hydrogen (secondary N) is 1. The number of piperazine rings is 1. The van der Waals surface area contributed by atoms with Gasteiger partial charge in [-0.05, 0) is 105 Å². The third kappa shape index (κ3) is 5.84. The topological polar surface area (TPSA) is 122 Å². The van der Waals surface area contributed by atoms with Gasteiger partial charge in [0.05, 0.1) is 24.2 Å². The number of carbonyl (C=O) groups excluding carboxylic acids is 2. The van der Waals surface area contributed by atoms with Gasteiger partial charge >= 0.3 is 17.7 Å². The molecule has 10 heteroatoms. The predicted octanol–water partition coefficient (Wildman–Crippen LogP) is 5.65. The summed E-state index contributed by atoms with van der Waals surface area (Å²) >= 11 is 0. The van der Waals surface area contributed by atoms with Crippen molar-refractivity contribution in [2.45, 2.75) is 103 Å². The number of ether oxygens (including phenoxy) is 2. The Kier molecular flexibility index (Phi) is 9.22. The minimum Gasteiger partial charge on any atom is -0.499 e. The van der Waals surface area contributed by atoms with Gasteiger partial charge in [0.25, 0.3) is 0 Å². The highest BCUT2D eigenvalue weighted by atomic mass is 16.6. The molecule has 1 aromatic heterocycles. The third-order valence-corrected chi connectivity index (χ3v) is 13.1. The molecular weight excluding hydrogens is 586 g/mol. The summed E-state index contributed by atoms with van der Waals surface area (Å²) < 4.78 is 16.7. The largest absolute Gasteiger partial charge is 0.499 e. The van der Waals surface area contributed by atoms with E-state index in [0.29, 0.717) is 63.3 Å². The Labute approximate surface area is 272 Å². The van der Waals surface area contributed by atoms with E-state index in [1.165, 1.54) is 6.07 Å². The molecule has 6 rings (SSSR count). The zero-order valence-corrected chi connectivity index (χ0v) is 27.9. The van der Waals surface area contributed by atoms with Crippen molar-refractivity contribution >= 4 is 12.1 Å². The fourth-order valence-corrected chi connectivity index (χ4v) is 10.4. The van der Waals surface area contributed by atoms with Crippen LogP contribution in [-0.4, -0.2) is 78.1 Å². The summed E-state index contributed by atoms with van der Waals surface area (Å²) in [6.45, 7) is 13.4. The van der Waals surface area contributed by atoms with E-state index in [9.17, 15) is 19.5 Å². The first-order valence-electron chi connectivity index (χ1n) is 17.6. The maximum Gasteiger partial charge on any atom is 0.410 e. The standard InChI is InChI=1S/C36H53N3O7/c1-5-44-24(2)13-17-37-32(41)38-18-20-39(21-19-38)33(42)46-27-10-14-34(3)26(22-27)7-8-30-29(34)11-15-35(4)28(12-16-36(30,35)43)25-6-9-31(40)45-23-25/h6,9,23,26-30,43H,2,5,7-8,10-22H2,1,3-4H3,(H,37,41)/t26-,27+,28-,29+,30-,34+,35-,36+/m1/s1. The zero-order valence-electron chi connectivity index (χ0n) is 27.9. The van der Waals surface area contributed by atoms with Gasteiger partial charge in [0, 0.05) is 50.6 Å². The van der Waals surface area contributed by atoms with Crippen LogP contribution in [0.25, 0.3) is 0 Å². The Morgan fingerprint density at radius 3 is 2.50 bits per heavy atom. The van der Waals surface area contributed by atoms with Gasteiger partial charge in [0.1, 0.15) is 6.10 Å². The summed E-state index contributed by atoms with van der Waals surface area (Å²) in [5.74, 6) is 2.02. The van der Waals surface area contributed by atoms with Crippen molar-refractivity contribution in [3.8, 4) is 0 Å². The number of urea groups is 1. The number of hydrogen-bond donors (Lipinski definition) is 2. The van der Waals surface area contributed by atoms with Crippen LogP contribution in [0.5, 0.6) is 0 Å². The SMILES string of the molecule is C=C(CCNC(=O)N1CCN(C(=O)O[C@H]2CC[C@@]3(C)[C@H](CC[C@@H]4[C@@H]3CC[C@]3(C)[C@@H](c5ccc(=O)oc5)CC[C@]43O)C2)CC1)OCC. The monoisotopic (exact) mass is 639 g/mol. The fraction of sp³-hybridized carbons (Fsp3) is 0.750. The Balaban J connectivity index is 1.01. The summed E-state index contributed by atoms with van der Waals surface area (Å²) in [6.07, 6.45) is 10.3. The number of carbonyl (C=O) groups is 2. The average molecular weight is 640 g/mol. The first-order chi connectivity index (χ1) is 22.0.